The number of benzene rings is 1. The molecule has 1 aliphatic rings. The van der Waals surface area contributed by atoms with Crippen molar-refractivity contribution in [2.24, 2.45) is 0 Å². The Kier molecular flexibility index (Phi) is 3.29. The highest BCUT2D eigenvalue weighted by Crippen LogP contribution is 2.18. The normalized spacial score (nSPS) is 16.0. The van der Waals surface area contributed by atoms with Gasteiger partial charge in [0.1, 0.15) is 6.61 Å². The zero-order chi connectivity index (χ0) is 10.5. The molecule has 0 bridgehead atoms. The second-order valence-corrected chi connectivity index (χ2v) is 4.00. The molecule has 0 spiro atoms. The van der Waals surface area contributed by atoms with Gasteiger partial charge in [-0.05, 0) is 17.5 Å². The van der Waals surface area contributed by atoms with E-state index in [-0.39, 0.29) is 6.09 Å². The quantitative estimate of drug-likeness (QED) is 0.735. The highest BCUT2D eigenvalue weighted by Gasteiger charge is 2.18. The van der Waals surface area contributed by atoms with Crippen LogP contribution < -0.4 is 0 Å². The monoisotopic (exact) mass is 221 g/mol. The third-order valence-electron chi connectivity index (χ3n) is 1.98. The molecule has 0 radical (unpaired) electrons. The van der Waals surface area contributed by atoms with Gasteiger partial charge < -0.3 is 4.74 Å². The van der Waals surface area contributed by atoms with E-state index in [4.69, 9.17) is 4.74 Å². The summed E-state index contributed by atoms with van der Waals surface area (Å²) in [7, 11) is 0. The number of ether oxygens (including phenoxy) is 1. The van der Waals surface area contributed by atoms with E-state index >= 15 is 0 Å². The second-order valence-electron chi connectivity index (χ2n) is 3.02. The van der Waals surface area contributed by atoms with Crippen LogP contribution in [-0.2, 0) is 4.74 Å². The Labute approximate surface area is 92.7 Å². The Morgan fingerprint density at radius 3 is 2.80 bits per heavy atom. The molecule has 1 aliphatic heterocycles. The van der Waals surface area contributed by atoms with E-state index in [1.165, 1.54) is 0 Å². The molecular formula is C11H11NO2S. The van der Waals surface area contributed by atoms with Gasteiger partial charge in [0, 0.05) is 11.1 Å². The fourth-order valence-electron chi connectivity index (χ4n) is 1.22. The zero-order valence-corrected chi connectivity index (χ0v) is 8.94. The topological polar surface area (TPSA) is 29.5 Å². The molecule has 0 N–H and O–H groups in total. The average molecular weight is 221 g/mol. The molecule has 4 heteroatoms. The number of carbonyl (C=O) groups excluding carboxylic acids is 1. The molecule has 1 saturated heterocycles. The molecule has 3 nitrogen and oxygen atoms in total. The summed E-state index contributed by atoms with van der Waals surface area (Å²) in [5.74, 6) is 0. The maximum Gasteiger partial charge on any atom is 0.413 e. The summed E-state index contributed by atoms with van der Waals surface area (Å²) < 4.78 is 4.79. The van der Waals surface area contributed by atoms with Gasteiger partial charge in [0.05, 0.1) is 6.54 Å². The van der Waals surface area contributed by atoms with Crippen LogP contribution in [-0.4, -0.2) is 24.1 Å². The van der Waals surface area contributed by atoms with Crippen molar-refractivity contribution in [3.63, 3.8) is 0 Å². The molecule has 15 heavy (non-hydrogen) atoms. The molecule has 1 aromatic carbocycles. The van der Waals surface area contributed by atoms with Gasteiger partial charge in [0.2, 0.25) is 0 Å². The first-order chi connectivity index (χ1) is 7.36. The summed E-state index contributed by atoms with van der Waals surface area (Å²) in [6, 6.07) is 10.0. The molecule has 2 rings (SSSR count). The van der Waals surface area contributed by atoms with Crippen molar-refractivity contribution in [2.45, 2.75) is 4.90 Å². The van der Waals surface area contributed by atoms with E-state index in [1.54, 1.807) is 22.9 Å². The van der Waals surface area contributed by atoms with E-state index in [2.05, 4.69) is 0 Å². The summed E-state index contributed by atoms with van der Waals surface area (Å²) in [6.07, 6.45) is 1.49. The lowest BCUT2D eigenvalue weighted by Crippen LogP contribution is -2.16. The highest BCUT2D eigenvalue weighted by molar-refractivity contribution is 8.02. The number of rotatable bonds is 3. The number of amides is 1. The first kappa shape index (κ1) is 10.1. The third-order valence-corrected chi connectivity index (χ3v) is 2.78. The molecule has 0 atom stereocenters. The van der Waals surface area contributed by atoms with Crippen LogP contribution in [0, 0.1) is 0 Å². The van der Waals surface area contributed by atoms with Crippen LogP contribution in [0.4, 0.5) is 4.79 Å². The van der Waals surface area contributed by atoms with Gasteiger partial charge in [0.15, 0.2) is 0 Å². The molecule has 1 aromatic rings. The number of cyclic esters (lactones) is 1. The Morgan fingerprint density at radius 1 is 1.33 bits per heavy atom. The minimum absolute atomic E-state index is 0.264. The Hall–Kier alpha value is -1.42. The van der Waals surface area contributed by atoms with Crippen molar-refractivity contribution in [2.75, 3.05) is 13.2 Å². The van der Waals surface area contributed by atoms with Gasteiger partial charge >= 0.3 is 6.09 Å². The summed E-state index contributed by atoms with van der Waals surface area (Å²) in [4.78, 5) is 13.8. The third kappa shape index (κ3) is 2.76. The number of carbonyl (C=O) groups is 1. The van der Waals surface area contributed by atoms with Crippen LogP contribution in [0.2, 0.25) is 0 Å². The summed E-state index contributed by atoms with van der Waals surface area (Å²) in [5, 5.41) is 1.89. The van der Waals surface area contributed by atoms with Gasteiger partial charge in [-0.1, -0.05) is 30.0 Å². The molecule has 78 valence electrons. The van der Waals surface area contributed by atoms with Crippen LogP contribution in [0.25, 0.3) is 0 Å². The molecule has 1 amide bonds. The minimum atomic E-state index is -0.264. The lowest BCUT2D eigenvalue weighted by Gasteiger charge is -2.04. The van der Waals surface area contributed by atoms with Gasteiger partial charge in [-0.25, -0.2) is 4.79 Å². The maximum absolute atomic E-state index is 11.1. The van der Waals surface area contributed by atoms with Crippen LogP contribution in [0.5, 0.6) is 0 Å². The van der Waals surface area contributed by atoms with Crippen molar-refractivity contribution >= 4 is 17.9 Å². The van der Waals surface area contributed by atoms with Crippen molar-refractivity contribution in [3.05, 3.63) is 41.9 Å². The lowest BCUT2D eigenvalue weighted by molar-refractivity contribution is 0.166. The Balaban J connectivity index is 1.88. The standard InChI is InChI=1S/C11H11NO2S/c13-11-12(6-8-14-11)7-9-15-10-4-2-1-3-5-10/h1-5,7,9H,6,8H2/b9-7-. The molecule has 0 saturated carbocycles. The van der Waals surface area contributed by atoms with E-state index in [1.807, 2.05) is 35.7 Å². The van der Waals surface area contributed by atoms with Gasteiger partial charge in [-0.15, -0.1) is 0 Å². The number of nitrogens with zero attached hydrogens (tertiary/aromatic N) is 1. The Morgan fingerprint density at radius 2 is 2.13 bits per heavy atom. The predicted octanol–water partition coefficient (Wildman–Crippen LogP) is 2.70. The van der Waals surface area contributed by atoms with Crippen molar-refractivity contribution in [3.8, 4) is 0 Å². The molecule has 0 aliphatic carbocycles. The zero-order valence-electron chi connectivity index (χ0n) is 8.13. The molecular weight excluding hydrogens is 210 g/mol. The summed E-state index contributed by atoms with van der Waals surface area (Å²) >= 11 is 1.58. The van der Waals surface area contributed by atoms with E-state index in [0.717, 1.165) is 4.90 Å². The van der Waals surface area contributed by atoms with Crippen molar-refractivity contribution in [1.82, 2.24) is 4.90 Å². The van der Waals surface area contributed by atoms with Crippen LogP contribution in [0.3, 0.4) is 0 Å². The van der Waals surface area contributed by atoms with E-state index < -0.39 is 0 Å². The van der Waals surface area contributed by atoms with Crippen LogP contribution >= 0.6 is 11.8 Å². The summed E-state index contributed by atoms with van der Waals surface area (Å²) in [5.41, 5.74) is 0. The second kappa shape index (κ2) is 4.89. The summed E-state index contributed by atoms with van der Waals surface area (Å²) in [6.45, 7) is 1.13. The number of hydrogen-bond acceptors (Lipinski definition) is 3. The van der Waals surface area contributed by atoms with E-state index in [0.29, 0.717) is 13.2 Å². The predicted molar refractivity (Wildman–Crippen MR) is 59.5 cm³/mol. The maximum atomic E-state index is 11.1. The average Bonchev–Trinajstić information content (AvgIpc) is 2.66. The molecule has 0 aromatic heterocycles. The largest absolute Gasteiger partial charge is 0.447 e. The first-order valence-corrected chi connectivity index (χ1v) is 5.56. The number of hydrogen-bond donors (Lipinski definition) is 0. The van der Waals surface area contributed by atoms with E-state index in [9.17, 15) is 4.79 Å². The van der Waals surface area contributed by atoms with Gasteiger partial charge in [-0.3, -0.25) is 4.90 Å². The van der Waals surface area contributed by atoms with Crippen molar-refractivity contribution < 1.29 is 9.53 Å². The van der Waals surface area contributed by atoms with Crippen LogP contribution in [0.15, 0.2) is 46.8 Å². The number of thioether (sulfide) groups is 1. The first-order valence-electron chi connectivity index (χ1n) is 4.68. The molecule has 1 heterocycles. The van der Waals surface area contributed by atoms with Crippen LogP contribution in [0.1, 0.15) is 0 Å². The fourth-order valence-corrected chi connectivity index (χ4v) is 1.90. The SMILES string of the molecule is O=C1OCCN1/C=C\Sc1ccccc1. The smallest absolute Gasteiger partial charge is 0.413 e. The van der Waals surface area contributed by atoms with Crippen molar-refractivity contribution in [1.29, 1.82) is 0 Å². The molecule has 1 fully saturated rings. The molecule has 0 unspecified atom stereocenters. The lowest BCUT2D eigenvalue weighted by atomic mass is 10.4. The van der Waals surface area contributed by atoms with Gasteiger partial charge in [0.25, 0.3) is 0 Å². The van der Waals surface area contributed by atoms with Gasteiger partial charge in [-0.2, -0.15) is 0 Å². The minimum Gasteiger partial charge on any atom is -0.447 e. The Bertz CT molecular complexity index is 364. The highest BCUT2D eigenvalue weighted by atomic mass is 32.2. The fraction of sp³-hybridized carbons (Fsp3) is 0.182.